The van der Waals surface area contributed by atoms with E-state index < -0.39 is 12.0 Å². The molecule has 0 spiro atoms. The number of benzene rings is 1. The molecule has 1 amide bonds. The smallest absolute Gasteiger partial charge is 0.337 e. The number of esters is 1. The van der Waals surface area contributed by atoms with Crippen LogP contribution in [-0.4, -0.2) is 35.9 Å². The second-order valence-electron chi connectivity index (χ2n) is 9.12. The molecule has 1 saturated carbocycles. The maximum absolute atomic E-state index is 13.8. The topological polar surface area (TPSA) is 85.8 Å². The Balaban J connectivity index is 1.62. The zero-order valence-electron chi connectivity index (χ0n) is 19.1. The van der Waals surface area contributed by atoms with Crippen molar-refractivity contribution in [3.05, 3.63) is 57.3 Å². The molecule has 33 heavy (non-hydrogen) atoms. The van der Waals surface area contributed by atoms with Gasteiger partial charge in [0.05, 0.1) is 35.9 Å². The van der Waals surface area contributed by atoms with Crippen molar-refractivity contribution in [2.45, 2.75) is 52.2 Å². The van der Waals surface area contributed by atoms with E-state index in [1.54, 1.807) is 29.2 Å². The molecule has 4 unspecified atom stereocenters. The van der Waals surface area contributed by atoms with Gasteiger partial charge in [-0.05, 0) is 56.7 Å². The van der Waals surface area contributed by atoms with Crippen LogP contribution < -0.4 is 4.90 Å². The molecular formula is C25H26N2O5S. The van der Waals surface area contributed by atoms with Crippen LogP contribution in [0, 0.1) is 25.7 Å². The van der Waals surface area contributed by atoms with Gasteiger partial charge in [-0.15, -0.1) is 11.3 Å². The van der Waals surface area contributed by atoms with Crippen LogP contribution in [0.2, 0.25) is 0 Å². The van der Waals surface area contributed by atoms with Gasteiger partial charge in [-0.2, -0.15) is 0 Å². The largest absolute Gasteiger partial charge is 0.483 e. The molecule has 0 bridgehead atoms. The molecule has 0 saturated heterocycles. The number of hydrogen-bond donors (Lipinski definition) is 0. The summed E-state index contributed by atoms with van der Waals surface area (Å²) in [6, 6.07) is 6.20. The number of Topliss-reactive ketones (excluding diaryl/α,β-unsaturated/α-hetero) is 1. The van der Waals surface area contributed by atoms with Crippen molar-refractivity contribution < 1.29 is 23.9 Å². The number of amides is 1. The van der Waals surface area contributed by atoms with Crippen LogP contribution in [0.4, 0.5) is 5.13 Å². The van der Waals surface area contributed by atoms with Gasteiger partial charge in [0.1, 0.15) is 6.10 Å². The molecule has 4 atom stereocenters. The zero-order valence-corrected chi connectivity index (χ0v) is 19.9. The summed E-state index contributed by atoms with van der Waals surface area (Å²) in [4.78, 5) is 46.5. The number of methoxy groups -OCH3 is 1. The molecule has 3 heterocycles. The molecule has 1 aliphatic carbocycles. The third-order valence-corrected chi connectivity index (χ3v) is 8.05. The monoisotopic (exact) mass is 466 g/mol. The normalized spacial score (nSPS) is 26.7. The summed E-state index contributed by atoms with van der Waals surface area (Å²) in [5.74, 6) is -0.415. The third kappa shape index (κ3) is 3.47. The molecule has 2 aromatic rings. The van der Waals surface area contributed by atoms with Crippen molar-refractivity contribution in [3.63, 3.8) is 0 Å². The minimum absolute atomic E-state index is 0.00399. The van der Waals surface area contributed by atoms with Crippen molar-refractivity contribution in [2.75, 3.05) is 12.0 Å². The summed E-state index contributed by atoms with van der Waals surface area (Å²) < 4.78 is 11.0. The molecular weight excluding hydrogens is 440 g/mol. The number of aromatic nitrogens is 1. The predicted octanol–water partition coefficient (Wildman–Crippen LogP) is 4.29. The number of fused-ring (bicyclic) bond motifs is 1. The van der Waals surface area contributed by atoms with E-state index in [1.807, 2.05) is 13.8 Å². The Hall–Kier alpha value is -3.00. The molecule has 0 radical (unpaired) electrons. The van der Waals surface area contributed by atoms with Crippen LogP contribution in [0.15, 0.2) is 35.6 Å². The SMILES string of the molecule is COC(=O)c1ccc(C2C3=C(OC4CCC(C)CC4C3=O)C(=O)N2c2nc(C)c(C)s2)cc1. The number of ketones is 1. The lowest BCUT2D eigenvalue weighted by Crippen LogP contribution is -2.41. The van der Waals surface area contributed by atoms with Gasteiger partial charge in [0.15, 0.2) is 16.7 Å². The average molecular weight is 467 g/mol. The fourth-order valence-electron chi connectivity index (χ4n) is 5.07. The Kier molecular flexibility index (Phi) is 5.35. The molecule has 0 N–H and O–H groups in total. The average Bonchev–Trinajstić information content (AvgIpc) is 3.29. The van der Waals surface area contributed by atoms with Gasteiger partial charge in [0.2, 0.25) is 0 Å². The standard InChI is InChI=1S/C25H26N2O5S/c1-12-5-10-18-17(11-12)21(28)19-20(15-6-8-16(9-7-15)24(30)31-4)27(23(29)22(19)32-18)25-26-13(2)14(3)33-25/h6-9,12,17-18,20H,5,10-11H2,1-4H3. The molecule has 8 heteroatoms. The number of ether oxygens (including phenoxy) is 2. The molecule has 2 aliphatic heterocycles. The molecule has 3 aliphatic rings. The highest BCUT2D eigenvalue weighted by atomic mass is 32.1. The highest BCUT2D eigenvalue weighted by Crippen LogP contribution is 2.49. The van der Waals surface area contributed by atoms with Gasteiger partial charge in [0.25, 0.3) is 5.91 Å². The number of nitrogens with zero attached hydrogens (tertiary/aromatic N) is 2. The van der Waals surface area contributed by atoms with E-state index in [2.05, 4.69) is 11.9 Å². The van der Waals surface area contributed by atoms with E-state index in [-0.39, 0.29) is 29.5 Å². The van der Waals surface area contributed by atoms with E-state index in [0.717, 1.165) is 35.4 Å². The Morgan fingerprint density at radius 2 is 1.91 bits per heavy atom. The van der Waals surface area contributed by atoms with E-state index in [9.17, 15) is 14.4 Å². The summed E-state index contributed by atoms with van der Waals surface area (Å²) in [6.07, 6.45) is 2.27. The summed E-state index contributed by atoms with van der Waals surface area (Å²) in [7, 11) is 1.33. The molecule has 1 fully saturated rings. The summed E-state index contributed by atoms with van der Waals surface area (Å²) in [5.41, 5.74) is 2.39. The molecule has 1 aromatic carbocycles. The lowest BCUT2D eigenvalue weighted by atomic mass is 9.74. The third-order valence-electron chi connectivity index (χ3n) is 6.98. The van der Waals surface area contributed by atoms with Crippen molar-refractivity contribution in [1.82, 2.24) is 4.98 Å². The van der Waals surface area contributed by atoms with Crippen molar-refractivity contribution in [1.29, 1.82) is 0 Å². The number of carbonyl (C=O) groups is 3. The minimum Gasteiger partial charge on any atom is -0.483 e. The van der Waals surface area contributed by atoms with Gasteiger partial charge < -0.3 is 9.47 Å². The number of aryl methyl sites for hydroxylation is 2. The summed E-state index contributed by atoms with van der Waals surface area (Å²) in [5, 5.41) is 0.541. The van der Waals surface area contributed by atoms with Crippen LogP contribution in [-0.2, 0) is 19.1 Å². The van der Waals surface area contributed by atoms with E-state index in [1.165, 1.54) is 18.4 Å². The first-order valence-corrected chi connectivity index (χ1v) is 12.0. The van der Waals surface area contributed by atoms with E-state index >= 15 is 0 Å². The van der Waals surface area contributed by atoms with Gasteiger partial charge in [-0.1, -0.05) is 19.1 Å². The molecule has 5 rings (SSSR count). The van der Waals surface area contributed by atoms with Crippen LogP contribution >= 0.6 is 11.3 Å². The summed E-state index contributed by atoms with van der Waals surface area (Å²) in [6.45, 7) is 6.02. The quantitative estimate of drug-likeness (QED) is 0.627. The second-order valence-corrected chi connectivity index (χ2v) is 10.3. The minimum atomic E-state index is -0.644. The maximum Gasteiger partial charge on any atom is 0.337 e. The fourth-order valence-corrected chi connectivity index (χ4v) is 6.00. The lowest BCUT2D eigenvalue weighted by Gasteiger charge is -2.37. The van der Waals surface area contributed by atoms with Gasteiger partial charge in [-0.25, -0.2) is 9.78 Å². The van der Waals surface area contributed by atoms with Crippen molar-refractivity contribution >= 4 is 34.1 Å². The van der Waals surface area contributed by atoms with E-state index in [4.69, 9.17) is 9.47 Å². The predicted molar refractivity (Wildman–Crippen MR) is 123 cm³/mol. The number of anilines is 1. The van der Waals surface area contributed by atoms with Crippen molar-refractivity contribution in [2.24, 2.45) is 11.8 Å². The van der Waals surface area contributed by atoms with Crippen LogP contribution in [0.5, 0.6) is 0 Å². The maximum atomic E-state index is 13.8. The van der Waals surface area contributed by atoms with Crippen molar-refractivity contribution in [3.8, 4) is 0 Å². The van der Waals surface area contributed by atoms with Crippen LogP contribution in [0.3, 0.4) is 0 Å². The lowest BCUT2D eigenvalue weighted by molar-refractivity contribution is -0.132. The molecule has 7 nitrogen and oxygen atoms in total. The Bertz CT molecular complexity index is 1160. The summed E-state index contributed by atoms with van der Waals surface area (Å²) >= 11 is 1.42. The van der Waals surface area contributed by atoms with E-state index in [0.29, 0.717) is 22.2 Å². The number of rotatable bonds is 3. The second kappa shape index (κ2) is 8.09. The van der Waals surface area contributed by atoms with Gasteiger partial charge >= 0.3 is 5.97 Å². The Morgan fingerprint density at radius 3 is 2.55 bits per heavy atom. The number of thiazole rings is 1. The fraction of sp³-hybridized carbons (Fsp3) is 0.440. The first-order valence-electron chi connectivity index (χ1n) is 11.2. The van der Waals surface area contributed by atoms with Crippen LogP contribution in [0.1, 0.15) is 58.7 Å². The Labute approximate surface area is 196 Å². The Morgan fingerprint density at radius 1 is 1.18 bits per heavy atom. The zero-order chi connectivity index (χ0) is 23.4. The first-order chi connectivity index (χ1) is 15.8. The molecule has 172 valence electrons. The number of carbonyl (C=O) groups excluding carboxylic acids is 3. The van der Waals surface area contributed by atoms with Crippen LogP contribution in [0.25, 0.3) is 0 Å². The highest BCUT2D eigenvalue weighted by molar-refractivity contribution is 7.15. The van der Waals surface area contributed by atoms with Gasteiger partial charge in [0, 0.05) is 4.88 Å². The highest BCUT2D eigenvalue weighted by Gasteiger charge is 2.53. The first kappa shape index (κ1) is 21.8. The number of hydrogen-bond acceptors (Lipinski definition) is 7. The molecule has 1 aromatic heterocycles. The van der Waals surface area contributed by atoms with Gasteiger partial charge in [-0.3, -0.25) is 14.5 Å².